The van der Waals surface area contributed by atoms with E-state index in [1.807, 2.05) is 24.0 Å². The maximum absolute atomic E-state index is 11.0. The first-order valence-electron chi connectivity index (χ1n) is 5.27. The van der Waals surface area contributed by atoms with E-state index in [9.17, 15) is 4.79 Å². The molecule has 88 valence electrons. The van der Waals surface area contributed by atoms with Crippen molar-refractivity contribution in [1.82, 2.24) is 4.90 Å². The summed E-state index contributed by atoms with van der Waals surface area (Å²) in [6.07, 6.45) is 0. The minimum Gasteiger partial charge on any atom is -0.480 e. The second-order valence-electron chi connectivity index (χ2n) is 3.91. The van der Waals surface area contributed by atoms with Gasteiger partial charge in [0.1, 0.15) is 17.6 Å². The lowest BCUT2D eigenvalue weighted by molar-refractivity contribution is -0.150. The van der Waals surface area contributed by atoms with Gasteiger partial charge in [-0.15, -0.1) is 0 Å². The zero-order valence-electron chi connectivity index (χ0n) is 9.18. The molecular formula is C11H15NO4. The summed E-state index contributed by atoms with van der Waals surface area (Å²) in [5.41, 5.74) is 0. The number of aliphatic carboxylic acids is 1. The molecule has 1 atom stereocenters. The van der Waals surface area contributed by atoms with Crippen molar-refractivity contribution in [3.63, 3.8) is 0 Å². The third-order valence-electron chi connectivity index (χ3n) is 2.68. The van der Waals surface area contributed by atoms with Gasteiger partial charge in [0.25, 0.3) is 0 Å². The van der Waals surface area contributed by atoms with E-state index in [-0.39, 0.29) is 6.61 Å². The van der Waals surface area contributed by atoms with Gasteiger partial charge >= 0.3 is 5.97 Å². The van der Waals surface area contributed by atoms with E-state index >= 15 is 0 Å². The molecule has 2 rings (SSSR count). The van der Waals surface area contributed by atoms with Crippen LogP contribution in [0, 0.1) is 6.92 Å². The molecule has 1 aliphatic heterocycles. The zero-order valence-corrected chi connectivity index (χ0v) is 9.18. The molecular weight excluding hydrogens is 210 g/mol. The van der Waals surface area contributed by atoms with Gasteiger partial charge in [-0.05, 0) is 19.1 Å². The third-order valence-corrected chi connectivity index (χ3v) is 2.68. The number of carbonyl (C=O) groups is 1. The Morgan fingerprint density at radius 1 is 1.62 bits per heavy atom. The molecule has 5 nitrogen and oxygen atoms in total. The number of furan rings is 1. The molecule has 1 aliphatic rings. The molecule has 1 N–H and O–H groups in total. The molecule has 1 aromatic heterocycles. The van der Waals surface area contributed by atoms with Gasteiger partial charge in [-0.1, -0.05) is 0 Å². The zero-order chi connectivity index (χ0) is 11.5. The first-order chi connectivity index (χ1) is 7.66. The van der Waals surface area contributed by atoms with Crippen LogP contribution in [-0.2, 0) is 16.1 Å². The summed E-state index contributed by atoms with van der Waals surface area (Å²) in [6, 6.07) is 3.19. The Balaban J connectivity index is 2.03. The molecule has 0 amide bonds. The average Bonchev–Trinajstić information content (AvgIpc) is 2.64. The summed E-state index contributed by atoms with van der Waals surface area (Å²) in [5, 5.41) is 9.04. The van der Waals surface area contributed by atoms with Crippen LogP contribution in [-0.4, -0.2) is 41.8 Å². The van der Waals surface area contributed by atoms with Gasteiger partial charge in [-0.3, -0.25) is 9.69 Å². The Bertz CT molecular complexity index is 374. The second kappa shape index (κ2) is 4.67. The maximum Gasteiger partial charge on any atom is 0.323 e. The normalized spacial score (nSPS) is 22.2. The standard InChI is InChI=1S/C11H15NO4/c1-8-2-3-9(16-8)6-12-4-5-15-7-10(12)11(13)14/h2-3,10H,4-7H2,1H3,(H,13,14). The van der Waals surface area contributed by atoms with Crippen LogP contribution in [0.25, 0.3) is 0 Å². The van der Waals surface area contributed by atoms with E-state index in [1.54, 1.807) is 0 Å². The van der Waals surface area contributed by atoms with Crippen LogP contribution in [0.4, 0.5) is 0 Å². The van der Waals surface area contributed by atoms with Crippen molar-refractivity contribution in [2.24, 2.45) is 0 Å². The van der Waals surface area contributed by atoms with E-state index in [2.05, 4.69) is 0 Å². The van der Waals surface area contributed by atoms with Crippen molar-refractivity contribution in [2.45, 2.75) is 19.5 Å². The van der Waals surface area contributed by atoms with Gasteiger partial charge in [-0.25, -0.2) is 0 Å². The van der Waals surface area contributed by atoms with Crippen molar-refractivity contribution >= 4 is 5.97 Å². The fraction of sp³-hybridized carbons (Fsp3) is 0.545. The van der Waals surface area contributed by atoms with Crippen LogP contribution in [0.5, 0.6) is 0 Å². The monoisotopic (exact) mass is 225 g/mol. The van der Waals surface area contributed by atoms with Crippen molar-refractivity contribution < 1.29 is 19.1 Å². The van der Waals surface area contributed by atoms with Gasteiger partial charge in [0.15, 0.2) is 0 Å². The van der Waals surface area contributed by atoms with Gasteiger partial charge < -0.3 is 14.3 Å². The molecule has 1 fully saturated rings. The largest absolute Gasteiger partial charge is 0.480 e. The number of morpholine rings is 1. The first kappa shape index (κ1) is 11.2. The van der Waals surface area contributed by atoms with Crippen LogP contribution < -0.4 is 0 Å². The van der Waals surface area contributed by atoms with Crippen molar-refractivity contribution in [3.8, 4) is 0 Å². The molecule has 0 spiro atoms. The predicted octanol–water partition coefficient (Wildman–Crippen LogP) is 0.873. The number of hydrogen-bond donors (Lipinski definition) is 1. The van der Waals surface area contributed by atoms with Crippen LogP contribution in [0.1, 0.15) is 11.5 Å². The van der Waals surface area contributed by atoms with Crippen molar-refractivity contribution in [3.05, 3.63) is 23.7 Å². The number of carboxylic acid groups (broad SMARTS) is 1. The topological polar surface area (TPSA) is 62.9 Å². The molecule has 2 heterocycles. The van der Waals surface area contributed by atoms with Gasteiger partial charge in [0, 0.05) is 6.54 Å². The number of nitrogens with zero attached hydrogens (tertiary/aromatic N) is 1. The fourth-order valence-electron chi connectivity index (χ4n) is 1.83. The summed E-state index contributed by atoms with van der Waals surface area (Å²) in [7, 11) is 0. The lowest BCUT2D eigenvalue weighted by atomic mass is 10.2. The highest BCUT2D eigenvalue weighted by Gasteiger charge is 2.29. The Morgan fingerprint density at radius 2 is 2.44 bits per heavy atom. The smallest absolute Gasteiger partial charge is 0.323 e. The van der Waals surface area contributed by atoms with Crippen molar-refractivity contribution in [2.75, 3.05) is 19.8 Å². The molecule has 1 saturated heterocycles. The van der Waals surface area contributed by atoms with E-state index in [1.165, 1.54) is 0 Å². The molecule has 0 saturated carbocycles. The van der Waals surface area contributed by atoms with Gasteiger partial charge in [0.05, 0.1) is 19.8 Å². The predicted molar refractivity (Wildman–Crippen MR) is 56.1 cm³/mol. The summed E-state index contributed by atoms with van der Waals surface area (Å²) >= 11 is 0. The summed E-state index contributed by atoms with van der Waals surface area (Å²) in [6.45, 7) is 3.83. The molecule has 0 aliphatic carbocycles. The van der Waals surface area contributed by atoms with Crippen LogP contribution in [0.2, 0.25) is 0 Å². The van der Waals surface area contributed by atoms with E-state index < -0.39 is 12.0 Å². The van der Waals surface area contributed by atoms with Crippen LogP contribution in [0.3, 0.4) is 0 Å². The molecule has 16 heavy (non-hydrogen) atoms. The van der Waals surface area contributed by atoms with Crippen LogP contribution >= 0.6 is 0 Å². The number of aryl methyl sites for hydroxylation is 1. The highest BCUT2D eigenvalue weighted by Crippen LogP contribution is 2.14. The molecule has 1 aromatic rings. The molecule has 0 bridgehead atoms. The Hall–Kier alpha value is -1.33. The third kappa shape index (κ3) is 2.43. The minimum absolute atomic E-state index is 0.245. The summed E-state index contributed by atoms with van der Waals surface area (Å²) < 4.78 is 10.6. The maximum atomic E-state index is 11.0. The molecule has 1 unspecified atom stereocenters. The van der Waals surface area contributed by atoms with Crippen LogP contribution in [0.15, 0.2) is 16.5 Å². The molecule has 0 radical (unpaired) electrons. The van der Waals surface area contributed by atoms with E-state index in [0.29, 0.717) is 19.7 Å². The second-order valence-corrected chi connectivity index (χ2v) is 3.91. The highest BCUT2D eigenvalue weighted by atomic mass is 16.5. The Labute approximate surface area is 93.6 Å². The lowest BCUT2D eigenvalue weighted by Crippen LogP contribution is -2.49. The van der Waals surface area contributed by atoms with E-state index in [0.717, 1.165) is 11.5 Å². The van der Waals surface area contributed by atoms with E-state index in [4.69, 9.17) is 14.3 Å². The fourth-order valence-corrected chi connectivity index (χ4v) is 1.83. The van der Waals surface area contributed by atoms with Gasteiger partial charge in [0.2, 0.25) is 0 Å². The Kier molecular flexibility index (Phi) is 3.26. The van der Waals surface area contributed by atoms with Crippen molar-refractivity contribution in [1.29, 1.82) is 0 Å². The Morgan fingerprint density at radius 3 is 3.06 bits per heavy atom. The summed E-state index contributed by atoms with van der Waals surface area (Å²) in [5.74, 6) is 0.795. The quantitative estimate of drug-likeness (QED) is 0.827. The lowest BCUT2D eigenvalue weighted by Gasteiger charge is -2.31. The SMILES string of the molecule is Cc1ccc(CN2CCOCC2C(=O)O)o1. The first-order valence-corrected chi connectivity index (χ1v) is 5.27. The molecule has 5 heteroatoms. The minimum atomic E-state index is -0.844. The average molecular weight is 225 g/mol. The number of hydrogen-bond acceptors (Lipinski definition) is 4. The summed E-state index contributed by atoms with van der Waals surface area (Å²) in [4.78, 5) is 12.9. The molecule has 0 aromatic carbocycles. The number of ether oxygens (including phenoxy) is 1. The van der Waals surface area contributed by atoms with Gasteiger partial charge in [-0.2, -0.15) is 0 Å². The number of carboxylic acids is 1. The number of rotatable bonds is 3. The highest BCUT2D eigenvalue weighted by molar-refractivity contribution is 5.73.